The molecule has 0 unspecified atom stereocenters. The number of hydrogen-bond acceptors (Lipinski definition) is 2. The molecule has 0 saturated carbocycles. The second-order valence-corrected chi connectivity index (χ2v) is 7.18. The van der Waals surface area contributed by atoms with Crippen molar-refractivity contribution in [1.29, 1.82) is 0 Å². The topological polar surface area (TPSA) is 9.23 Å². The molecular weight excluding hydrogens is 259 g/mol. The van der Waals surface area contributed by atoms with Crippen LogP contribution < -0.4 is 0 Å². The fraction of sp³-hybridized carbons (Fsp3) is 0.455. The summed E-state index contributed by atoms with van der Waals surface area (Å²) >= 11 is 0.616. The van der Waals surface area contributed by atoms with Crippen LogP contribution in [-0.2, 0) is 4.74 Å². The Bertz CT molecular complexity index is 248. The van der Waals surface area contributed by atoms with Gasteiger partial charge in [-0.15, -0.1) is 0 Å². The first kappa shape index (κ1) is 12.1. The van der Waals surface area contributed by atoms with Gasteiger partial charge in [0.15, 0.2) is 0 Å². The molecule has 0 N–H and O–H groups in total. The summed E-state index contributed by atoms with van der Waals surface area (Å²) in [5, 5.41) is 1.19. The van der Waals surface area contributed by atoms with Gasteiger partial charge >= 0.3 is 95.9 Å². The van der Waals surface area contributed by atoms with Crippen LogP contribution in [0.3, 0.4) is 0 Å². The third kappa shape index (κ3) is 5.06. The maximum atomic E-state index is 5.29. The summed E-state index contributed by atoms with van der Waals surface area (Å²) in [5.74, 6) is 0. The summed E-state index contributed by atoms with van der Waals surface area (Å²) in [7, 11) is 1.96. The molecule has 78 valence electrons. The zero-order valence-corrected chi connectivity index (χ0v) is 11.2. The Hall–Kier alpha value is 0.0495. The van der Waals surface area contributed by atoms with Crippen molar-refractivity contribution in [2.45, 2.75) is 24.1 Å². The predicted octanol–water partition coefficient (Wildman–Crippen LogP) is 3.16. The summed E-state index contributed by atoms with van der Waals surface area (Å²) < 4.78 is 5.29. The molecular formula is C11H16OSSe. The van der Waals surface area contributed by atoms with Crippen LogP contribution in [0.15, 0.2) is 29.2 Å². The Labute approximate surface area is 95.8 Å². The molecule has 0 aliphatic rings. The average Bonchev–Trinajstić information content (AvgIpc) is 2.21. The van der Waals surface area contributed by atoms with Crippen LogP contribution in [0.5, 0.6) is 0 Å². The Kier molecular flexibility index (Phi) is 6.37. The van der Waals surface area contributed by atoms with E-state index < -0.39 is 0 Å². The van der Waals surface area contributed by atoms with Crippen molar-refractivity contribution < 1.29 is 4.74 Å². The van der Waals surface area contributed by atoms with E-state index in [0.717, 1.165) is 13.2 Å². The molecule has 1 nitrogen and oxygen atoms in total. The number of ether oxygens (including phenoxy) is 1. The average molecular weight is 275 g/mol. The van der Waals surface area contributed by atoms with Crippen molar-refractivity contribution in [2.24, 2.45) is 0 Å². The molecule has 0 aromatic heterocycles. The third-order valence-corrected chi connectivity index (χ3v) is 5.79. The van der Waals surface area contributed by atoms with Crippen molar-refractivity contribution in [3.05, 3.63) is 29.8 Å². The molecule has 0 bridgehead atoms. The van der Waals surface area contributed by atoms with E-state index in [9.17, 15) is 0 Å². The second kappa shape index (κ2) is 7.36. The van der Waals surface area contributed by atoms with Crippen molar-refractivity contribution in [2.75, 3.05) is 13.2 Å². The number of aryl methyl sites for hydroxylation is 1. The van der Waals surface area contributed by atoms with Crippen molar-refractivity contribution in [3.8, 4) is 0 Å². The number of rotatable bonds is 6. The first-order valence-corrected chi connectivity index (χ1v) is 8.82. The SMILES string of the molecule is CCOCC[Se]Sc1ccc(C)cc1. The molecule has 0 atom stereocenters. The van der Waals surface area contributed by atoms with Gasteiger partial charge in [0.05, 0.1) is 0 Å². The summed E-state index contributed by atoms with van der Waals surface area (Å²) in [5.41, 5.74) is 1.33. The number of hydrogen-bond donors (Lipinski definition) is 0. The molecule has 0 aliphatic heterocycles. The van der Waals surface area contributed by atoms with Gasteiger partial charge in [-0.3, -0.25) is 0 Å². The Morgan fingerprint density at radius 3 is 2.64 bits per heavy atom. The van der Waals surface area contributed by atoms with E-state index in [1.54, 1.807) is 0 Å². The van der Waals surface area contributed by atoms with Crippen molar-refractivity contribution in [1.82, 2.24) is 0 Å². The van der Waals surface area contributed by atoms with Crippen LogP contribution in [0.25, 0.3) is 0 Å². The Morgan fingerprint density at radius 1 is 1.29 bits per heavy atom. The van der Waals surface area contributed by atoms with Crippen LogP contribution >= 0.6 is 10.2 Å². The fourth-order valence-corrected chi connectivity index (χ4v) is 4.23. The predicted molar refractivity (Wildman–Crippen MR) is 64.1 cm³/mol. The Balaban J connectivity index is 2.15. The van der Waals surface area contributed by atoms with E-state index in [4.69, 9.17) is 4.74 Å². The van der Waals surface area contributed by atoms with E-state index in [-0.39, 0.29) is 0 Å². The van der Waals surface area contributed by atoms with Gasteiger partial charge in [-0.25, -0.2) is 0 Å². The zero-order chi connectivity index (χ0) is 10.2. The molecule has 1 aromatic rings. The molecule has 0 heterocycles. The standard InChI is InChI=1S/C11H16OSSe/c1-3-12-8-9-14-13-11-6-4-10(2)5-7-11/h4-7H,3,8-9H2,1-2H3. The van der Waals surface area contributed by atoms with Crippen LogP contribution in [0.1, 0.15) is 12.5 Å². The minimum atomic E-state index is 0.616. The van der Waals surface area contributed by atoms with Gasteiger partial charge in [0.25, 0.3) is 0 Å². The van der Waals surface area contributed by atoms with Gasteiger partial charge in [-0.2, -0.15) is 0 Å². The zero-order valence-electron chi connectivity index (χ0n) is 8.66. The van der Waals surface area contributed by atoms with Crippen molar-refractivity contribution in [3.63, 3.8) is 0 Å². The summed E-state index contributed by atoms with van der Waals surface area (Å²) in [6.45, 7) is 5.91. The normalized spacial score (nSPS) is 10.4. The molecule has 1 aromatic carbocycles. The quantitative estimate of drug-likeness (QED) is 0.582. The number of benzene rings is 1. The molecule has 0 amide bonds. The van der Waals surface area contributed by atoms with Gasteiger partial charge in [-0.05, 0) is 0 Å². The van der Waals surface area contributed by atoms with Gasteiger partial charge in [0.1, 0.15) is 0 Å². The van der Waals surface area contributed by atoms with Gasteiger partial charge < -0.3 is 0 Å². The minimum absolute atomic E-state index is 0.616. The molecule has 0 radical (unpaired) electrons. The van der Waals surface area contributed by atoms with Crippen LogP contribution in [0, 0.1) is 6.92 Å². The van der Waals surface area contributed by atoms with E-state index in [2.05, 4.69) is 31.2 Å². The van der Waals surface area contributed by atoms with E-state index in [1.165, 1.54) is 15.8 Å². The third-order valence-electron chi connectivity index (χ3n) is 1.69. The van der Waals surface area contributed by atoms with Gasteiger partial charge in [0.2, 0.25) is 0 Å². The van der Waals surface area contributed by atoms with E-state index in [0.29, 0.717) is 13.8 Å². The van der Waals surface area contributed by atoms with Crippen molar-refractivity contribution >= 4 is 24.0 Å². The maximum absolute atomic E-state index is 5.29. The molecule has 0 saturated heterocycles. The van der Waals surface area contributed by atoms with Gasteiger partial charge in [0, 0.05) is 0 Å². The molecule has 3 heteroatoms. The summed E-state index contributed by atoms with van der Waals surface area (Å²) in [4.78, 5) is 1.38. The van der Waals surface area contributed by atoms with Crippen LogP contribution in [0.4, 0.5) is 0 Å². The van der Waals surface area contributed by atoms with E-state index >= 15 is 0 Å². The van der Waals surface area contributed by atoms with Crippen LogP contribution in [0.2, 0.25) is 5.32 Å². The van der Waals surface area contributed by atoms with E-state index in [1.807, 2.05) is 17.1 Å². The van der Waals surface area contributed by atoms with Gasteiger partial charge in [-0.1, -0.05) is 0 Å². The summed E-state index contributed by atoms with van der Waals surface area (Å²) in [6, 6.07) is 8.73. The first-order chi connectivity index (χ1) is 6.83. The first-order valence-electron chi connectivity index (χ1n) is 4.77. The Morgan fingerprint density at radius 2 is 2.00 bits per heavy atom. The molecule has 0 fully saturated rings. The molecule has 1 rings (SSSR count). The molecule has 0 aliphatic carbocycles. The second-order valence-electron chi connectivity index (χ2n) is 2.92. The monoisotopic (exact) mass is 276 g/mol. The van der Waals surface area contributed by atoms with Crippen LogP contribution in [-0.4, -0.2) is 27.0 Å². The fourth-order valence-electron chi connectivity index (χ4n) is 0.941. The summed E-state index contributed by atoms with van der Waals surface area (Å²) in [6.07, 6.45) is 0. The molecule has 14 heavy (non-hydrogen) atoms. The molecule has 0 spiro atoms.